The minimum atomic E-state index is -0.725. The number of nitrogens with two attached hydrogens (primary N) is 1. The average Bonchev–Trinajstić information content (AvgIpc) is 2.05. The Bertz CT molecular complexity index is 143. The van der Waals surface area contributed by atoms with Crippen LogP contribution in [-0.4, -0.2) is 36.6 Å². The van der Waals surface area contributed by atoms with Crippen LogP contribution in [0.5, 0.6) is 0 Å². The molecule has 1 aliphatic rings. The fourth-order valence-electron chi connectivity index (χ4n) is 1.23. The summed E-state index contributed by atoms with van der Waals surface area (Å²) in [6.45, 7) is 1.09. The Labute approximate surface area is 65.3 Å². The van der Waals surface area contributed by atoms with Crippen LogP contribution in [-0.2, 0) is 4.79 Å². The predicted octanol–water partition coefficient (Wildman–Crippen LogP) is -0.0944. The molecule has 1 aliphatic heterocycles. The van der Waals surface area contributed by atoms with Crippen LogP contribution < -0.4 is 5.73 Å². The lowest BCUT2D eigenvalue weighted by Gasteiger charge is -2.28. The quantitative estimate of drug-likeness (QED) is 0.582. The first kappa shape index (κ1) is 8.46. The number of nitrogens with zero attached hydrogens (tertiary/aromatic N) is 1. The van der Waals surface area contributed by atoms with Crippen molar-refractivity contribution in [3.8, 4) is 0 Å². The number of carbonyl (C=O) groups excluding carboxylic acids is 1. The fraction of sp³-hybridized carbons (Fsp3) is 0.857. The van der Waals surface area contributed by atoms with Gasteiger partial charge in [-0.1, -0.05) is 0 Å². The Morgan fingerprint density at radius 2 is 2.09 bits per heavy atom. The molecular formula is C7H13FN2O. The molecule has 0 atom stereocenters. The molecular weight excluding hydrogens is 147 g/mol. The van der Waals surface area contributed by atoms with Gasteiger partial charge in [0.25, 0.3) is 0 Å². The number of halogens is 1. The normalized spacial score (nSPS) is 20.4. The molecule has 0 spiro atoms. The minimum absolute atomic E-state index is 0.0386. The molecule has 0 aromatic rings. The molecule has 0 aliphatic carbocycles. The molecule has 0 saturated carbocycles. The van der Waals surface area contributed by atoms with Crippen LogP contribution in [0.25, 0.3) is 0 Å². The lowest BCUT2D eigenvalue weighted by Crippen LogP contribution is -2.42. The maximum absolute atomic E-state index is 12.6. The Balaban J connectivity index is 2.33. The van der Waals surface area contributed by atoms with E-state index in [2.05, 4.69) is 0 Å². The van der Waals surface area contributed by atoms with E-state index < -0.39 is 6.17 Å². The van der Waals surface area contributed by atoms with Crippen molar-refractivity contribution in [2.24, 2.45) is 5.73 Å². The van der Waals surface area contributed by atoms with Crippen LogP contribution in [0.2, 0.25) is 0 Å². The average molecular weight is 160 g/mol. The van der Waals surface area contributed by atoms with Gasteiger partial charge in [-0.05, 0) is 12.8 Å². The maximum Gasteiger partial charge on any atom is 0.236 e. The second-order valence-electron chi connectivity index (χ2n) is 2.76. The zero-order valence-corrected chi connectivity index (χ0v) is 6.42. The van der Waals surface area contributed by atoms with Gasteiger partial charge >= 0.3 is 0 Å². The van der Waals surface area contributed by atoms with E-state index in [4.69, 9.17) is 5.73 Å². The Kier molecular flexibility index (Phi) is 2.82. The van der Waals surface area contributed by atoms with E-state index in [-0.39, 0.29) is 12.5 Å². The number of hydrogen-bond acceptors (Lipinski definition) is 2. The number of hydrogen-bond donors (Lipinski definition) is 1. The molecule has 1 heterocycles. The van der Waals surface area contributed by atoms with Gasteiger partial charge in [-0.15, -0.1) is 0 Å². The van der Waals surface area contributed by atoms with Gasteiger partial charge in [0.2, 0.25) is 5.91 Å². The number of carbonyl (C=O) groups is 1. The highest BCUT2D eigenvalue weighted by atomic mass is 19.1. The summed E-state index contributed by atoms with van der Waals surface area (Å²) in [5.74, 6) is -0.0723. The van der Waals surface area contributed by atoms with Gasteiger partial charge in [0.05, 0.1) is 6.54 Å². The van der Waals surface area contributed by atoms with E-state index >= 15 is 0 Å². The molecule has 1 fully saturated rings. The molecule has 0 radical (unpaired) electrons. The minimum Gasteiger partial charge on any atom is -0.341 e. The first-order valence-corrected chi connectivity index (χ1v) is 3.86. The standard InChI is InChI=1S/C7H13FN2O/c8-6-1-3-10(4-2-6)7(11)5-9/h6H,1-5,9H2. The first-order chi connectivity index (χ1) is 5.24. The molecule has 2 N–H and O–H groups in total. The second kappa shape index (κ2) is 3.67. The van der Waals surface area contributed by atoms with Gasteiger partial charge in [-0.25, -0.2) is 4.39 Å². The number of amides is 1. The van der Waals surface area contributed by atoms with Gasteiger partial charge in [-0.2, -0.15) is 0 Å². The Hall–Kier alpha value is -0.640. The van der Waals surface area contributed by atoms with E-state index in [1.54, 1.807) is 4.90 Å². The summed E-state index contributed by atoms with van der Waals surface area (Å²) in [6.07, 6.45) is 0.203. The summed E-state index contributed by atoms with van der Waals surface area (Å²) < 4.78 is 12.6. The van der Waals surface area contributed by atoms with Crippen molar-refractivity contribution in [2.45, 2.75) is 19.0 Å². The fourth-order valence-corrected chi connectivity index (χ4v) is 1.23. The summed E-state index contributed by atoms with van der Waals surface area (Å²) >= 11 is 0. The van der Waals surface area contributed by atoms with Gasteiger partial charge in [0.15, 0.2) is 0 Å². The van der Waals surface area contributed by atoms with Gasteiger partial charge in [-0.3, -0.25) is 4.79 Å². The predicted molar refractivity (Wildman–Crippen MR) is 39.8 cm³/mol. The summed E-state index contributed by atoms with van der Waals surface area (Å²) in [5.41, 5.74) is 5.15. The Morgan fingerprint density at radius 1 is 1.55 bits per heavy atom. The van der Waals surface area contributed by atoms with Gasteiger partial charge in [0.1, 0.15) is 6.17 Å². The molecule has 0 aromatic heterocycles. The third kappa shape index (κ3) is 2.15. The number of piperidine rings is 1. The van der Waals surface area contributed by atoms with Gasteiger partial charge < -0.3 is 10.6 Å². The zero-order valence-electron chi connectivity index (χ0n) is 6.42. The van der Waals surface area contributed by atoms with Crippen LogP contribution in [0.1, 0.15) is 12.8 Å². The molecule has 0 bridgehead atoms. The van der Waals surface area contributed by atoms with E-state index in [9.17, 15) is 9.18 Å². The molecule has 1 amide bonds. The van der Waals surface area contributed by atoms with E-state index in [0.29, 0.717) is 25.9 Å². The first-order valence-electron chi connectivity index (χ1n) is 3.86. The zero-order chi connectivity index (χ0) is 8.27. The number of rotatable bonds is 1. The molecule has 0 unspecified atom stereocenters. The largest absolute Gasteiger partial charge is 0.341 e. The molecule has 4 heteroatoms. The third-order valence-electron chi connectivity index (χ3n) is 1.95. The summed E-state index contributed by atoms with van der Waals surface area (Å²) in [6, 6.07) is 0. The smallest absolute Gasteiger partial charge is 0.236 e. The van der Waals surface area contributed by atoms with Crippen LogP contribution in [0.4, 0.5) is 4.39 Å². The summed E-state index contributed by atoms with van der Waals surface area (Å²) in [7, 11) is 0. The summed E-state index contributed by atoms with van der Waals surface area (Å²) in [4.78, 5) is 12.6. The molecule has 1 saturated heterocycles. The second-order valence-corrected chi connectivity index (χ2v) is 2.76. The van der Waals surface area contributed by atoms with Crippen molar-refractivity contribution < 1.29 is 9.18 Å². The van der Waals surface area contributed by atoms with E-state index in [1.807, 2.05) is 0 Å². The van der Waals surface area contributed by atoms with Crippen LogP contribution >= 0.6 is 0 Å². The third-order valence-corrected chi connectivity index (χ3v) is 1.95. The van der Waals surface area contributed by atoms with Crippen LogP contribution in [0.3, 0.4) is 0 Å². The highest BCUT2D eigenvalue weighted by molar-refractivity contribution is 5.78. The molecule has 0 aromatic carbocycles. The van der Waals surface area contributed by atoms with E-state index in [0.717, 1.165) is 0 Å². The SMILES string of the molecule is NCC(=O)N1CCC(F)CC1. The van der Waals surface area contributed by atoms with Crippen molar-refractivity contribution in [1.82, 2.24) is 4.90 Å². The number of likely N-dealkylation sites (tertiary alicyclic amines) is 1. The molecule has 3 nitrogen and oxygen atoms in total. The van der Waals surface area contributed by atoms with Gasteiger partial charge in [0, 0.05) is 13.1 Å². The molecule has 11 heavy (non-hydrogen) atoms. The van der Waals surface area contributed by atoms with Crippen molar-refractivity contribution in [3.63, 3.8) is 0 Å². The highest BCUT2D eigenvalue weighted by Gasteiger charge is 2.20. The van der Waals surface area contributed by atoms with Crippen molar-refractivity contribution in [3.05, 3.63) is 0 Å². The lowest BCUT2D eigenvalue weighted by molar-refractivity contribution is -0.131. The van der Waals surface area contributed by atoms with Crippen LogP contribution in [0, 0.1) is 0 Å². The van der Waals surface area contributed by atoms with Crippen LogP contribution in [0.15, 0.2) is 0 Å². The molecule has 1 rings (SSSR count). The van der Waals surface area contributed by atoms with Crippen molar-refractivity contribution >= 4 is 5.91 Å². The monoisotopic (exact) mass is 160 g/mol. The number of alkyl halides is 1. The maximum atomic E-state index is 12.6. The topological polar surface area (TPSA) is 46.3 Å². The summed E-state index contributed by atoms with van der Waals surface area (Å²) in [5, 5.41) is 0. The van der Waals surface area contributed by atoms with Crippen molar-refractivity contribution in [1.29, 1.82) is 0 Å². The highest BCUT2D eigenvalue weighted by Crippen LogP contribution is 2.12. The van der Waals surface area contributed by atoms with Crippen molar-refractivity contribution in [2.75, 3.05) is 19.6 Å². The molecule has 64 valence electrons. The Morgan fingerprint density at radius 3 is 2.55 bits per heavy atom. The lowest BCUT2D eigenvalue weighted by atomic mass is 10.1. The van der Waals surface area contributed by atoms with E-state index in [1.165, 1.54) is 0 Å².